The van der Waals surface area contributed by atoms with Gasteiger partial charge in [0.25, 0.3) is 0 Å². The quantitative estimate of drug-likeness (QED) is 0.100. The number of methoxy groups -OCH3 is 1. The number of nitrogens with one attached hydrogen (secondary N) is 2. The van der Waals surface area contributed by atoms with Gasteiger partial charge in [0.15, 0.2) is 17.0 Å². The Morgan fingerprint density at radius 1 is 1.09 bits per heavy atom. The first-order valence-corrected chi connectivity index (χ1v) is 16.2. The summed E-state index contributed by atoms with van der Waals surface area (Å²) >= 11 is 0. The lowest BCUT2D eigenvalue weighted by Crippen LogP contribution is -2.39. The minimum atomic E-state index is -4.05. The Morgan fingerprint density at radius 2 is 1.84 bits per heavy atom. The summed E-state index contributed by atoms with van der Waals surface area (Å²) in [6.07, 6.45) is 9.13. The largest absolute Gasteiger partial charge is 0.468 e. The minimum Gasteiger partial charge on any atom is -0.468 e. The first kappa shape index (κ1) is 29.8. The molecule has 2 aromatic carbocycles. The summed E-state index contributed by atoms with van der Waals surface area (Å²) < 4.78 is 33.1. The SMILES string of the molecule is COC(=O)C(Cc1ccccc1)NP(=O)(OC[C@@H]1C=C[C@H](n2cnc3c(NCC4CC4)nc(N)nc32)C1)Oc1ccccc1. The van der Waals surface area contributed by atoms with Gasteiger partial charge in [-0.05, 0) is 49.3 Å². The number of rotatable bonds is 14. The number of aromatic nitrogens is 4. The predicted octanol–water partition coefficient (Wildman–Crippen LogP) is 4.93. The molecule has 0 aliphatic heterocycles. The second-order valence-corrected chi connectivity index (χ2v) is 12.8. The molecule has 0 spiro atoms. The minimum absolute atomic E-state index is 0.0672. The average Bonchev–Trinajstić information content (AvgIpc) is 3.58. The number of carbonyl (C=O) groups is 1. The number of benzene rings is 2. The lowest BCUT2D eigenvalue weighted by atomic mass is 10.1. The van der Waals surface area contributed by atoms with Gasteiger partial charge in [-0.3, -0.25) is 9.32 Å². The van der Waals surface area contributed by atoms with Crippen molar-refractivity contribution in [2.24, 2.45) is 11.8 Å². The highest BCUT2D eigenvalue weighted by Crippen LogP contribution is 2.46. The topological polar surface area (TPSA) is 156 Å². The van der Waals surface area contributed by atoms with Crippen molar-refractivity contribution >= 4 is 36.6 Å². The van der Waals surface area contributed by atoms with Crippen LogP contribution < -0.4 is 20.7 Å². The zero-order valence-electron chi connectivity index (χ0n) is 24.4. The molecule has 4 aromatic rings. The van der Waals surface area contributed by atoms with E-state index in [0.717, 1.165) is 12.1 Å². The van der Waals surface area contributed by atoms with Crippen LogP contribution in [-0.2, 0) is 25.0 Å². The fourth-order valence-corrected chi connectivity index (χ4v) is 6.76. The van der Waals surface area contributed by atoms with Crippen LogP contribution in [0.25, 0.3) is 11.2 Å². The fraction of sp³-hybridized carbons (Fsp3) is 0.355. The van der Waals surface area contributed by atoms with Crippen molar-refractivity contribution in [3.05, 3.63) is 84.7 Å². The van der Waals surface area contributed by atoms with Crippen LogP contribution in [0.15, 0.2) is 79.1 Å². The average molecular weight is 618 g/mol. The highest BCUT2D eigenvalue weighted by atomic mass is 31.2. The summed E-state index contributed by atoms with van der Waals surface area (Å²) in [6.45, 7) is 0.920. The number of fused-ring (bicyclic) bond motifs is 1. The summed E-state index contributed by atoms with van der Waals surface area (Å²) in [4.78, 5) is 26.2. The number of imidazole rings is 1. The van der Waals surface area contributed by atoms with Crippen molar-refractivity contribution in [2.45, 2.75) is 37.8 Å². The maximum atomic E-state index is 14.2. The van der Waals surface area contributed by atoms with Crippen LogP contribution in [0.3, 0.4) is 0 Å². The van der Waals surface area contributed by atoms with E-state index in [9.17, 15) is 9.36 Å². The molecule has 2 aliphatic carbocycles. The van der Waals surface area contributed by atoms with Gasteiger partial charge in [-0.15, -0.1) is 0 Å². The number of para-hydroxylation sites is 1. The molecule has 1 saturated carbocycles. The molecule has 1 fully saturated rings. The third-order valence-electron chi connectivity index (χ3n) is 7.71. The molecule has 6 rings (SSSR count). The summed E-state index contributed by atoms with van der Waals surface area (Å²) in [6, 6.07) is 17.1. The van der Waals surface area contributed by atoms with Crippen molar-refractivity contribution in [1.82, 2.24) is 24.6 Å². The number of anilines is 2. The number of carbonyl (C=O) groups excluding carboxylic acids is 1. The molecular weight excluding hydrogens is 581 g/mol. The highest BCUT2D eigenvalue weighted by molar-refractivity contribution is 7.52. The summed E-state index contributed by atoms with van der Waals surface area (Å²) in [5.74, 6) is 1.17. The van der Waals surface area contributed by atoms with Gasteiger partial charge in [-0.2, -0.15) is 15.1 Å². The van der Waals surface area contributed by atoms with Gasteiger partial charge < -0.3 is 24.9 Å². The Morgan fingerprint density at radius 3 is 2.57 bits per heavy atom. The van der Waals surface area contributed by atoms with Gasteiger partial charge in [0.05, 0.1) is 26.1 Å². The van der Waals surface area contributed by atoms with Crippen LogP contribution in [0.4, 0.5) is 11.8 Å². The first-order valence-electron chi connectivity index (χ1n) is 14.7. The molecule has 0 radical (unpaired) electrons. The summed E-state index contributed by atoms with van der Waals surface area (Å²) in [5, 5.41) is 6.23. The maximum absolute atomic E-state index is 14.2. The third kappa shape index (κ3) is 7.27. The standard InChI is InChI=1S/C31H36N7O5P/c1-41-30(39)26(17-21-8-4-2-5-9-21)37-44(40,43-25-10-6-3-7-11-25)42-19-23-14-15-24(16-23)38-20-34-27-28(33-18-22-12-13-22)35-31(32)36-29(27)38/h2-11,14-15,20,22-24,26H,12-13,16-19H2,1H3,(H,37,40)(H3,32,33,35,36)/t23-,24+,26?,44?/m1/s1. The van der Waals surface area contributed by atoms with Crippen LogP contribution in [0.5, 0.6) is 5.75 Å². The zero-order valence-corrected chi connectivity index (χ0v) is 25.3. The molecule has 2 unspecified atom stereocenters. The molecule has 44 heavy (non-hydrogen) atoms. The van der Waals surface area contributed by atoms with E-state index in [-0.39, 0.29) is 30.9 Å². The Kier molecular flexibility index (Phi) is 8.92. The lowest BCUT2D eigenvalue weighted by Gasteiger charge is -2.25. The third-order valence-corrected chi connectivity index (χ3v) is 9.28. The van der Waals surface area contributed by atoms with E-state index in [4.69, 9.17) is 19.5 Å². The van der Waals surface area contributed by atoms with E-state index < -0.39 is 19.8 Å². The number of nitrogens with two attached hydrogens (primary N) is 1. The second-order valence-electron chi connectivity index (χ2n) is 11.1. The molecule has 2 aromatic heterocycles. The van der Waals surface area contributed by atoms with Crippen LogP contribution >= 0.6 is 7.75 Å². The molecule has 4 N–H and O–H groups in total. The number of nitrogen functional groups attached to an aromatic ring is 1. The normalized spacial score (nSPS) is 19.8. The van der Waals surface area contributed by atoms with Crippen LogP contribution in [0, 0.1) is 11.8 Å². The van der Waals surface area contributed by atoms with E-state index in [1.807, 2.05) is 53.1 Å². The van der Waals surface area contributed by atoms with Crippen molar-refractivity contribution in [3.63, 3.8) is 0 Å². The van der Waals surface area contributed by atoms with Crippen molar-refractivity contribution in [2.75, 3.05) is 31.3 Å². The number of hydrogen-bond acceptors (Lipinski definition) is 10. The Balaban J connectivity index is 1.16. The molecule has 4 atom stereocenters. The first-order chi connectivity index (χ1) is 21.4. The summed E-state index contributed by atoms with van der Waals surface area (Å²) in [7, 11) is -2.75. The van der Waals surface area contributed by atoms with Crippen molar-refractivity contribution in [3.8, 4) is 5.75 Å². The molecular formula is C31H36N7O5P. The Labute approximate surface area is 255 Å². The highest BCUT2D eigenvalue weighted by Gasteiger charge is 2.36. The molecule has 2 aliphatic rings. The van der Waals surface area contributed by atoms with Crippen molar-refractivity contribution in [1.29, 1.82) is 0 Å². The lowest BCUT2D eigenvalue weighted by molar-refractivity contribution is -0.142. The van der Waals surface area contributed by atoms with Gasteiger partial charge in [-0.1, -0.05) is 60.7 Å². The Hall–Kier alpha value is -4.25. The molecule has 0 bridgehead atoms. The van der Waals surface area contributed by atoms with E-state index in [0.29, 0.717) is 35.1 Å². The van der Waals surface area contributed by atoms with Gasteiger partial charge in [0, 0.05) is 12.5 Å². The second kappa shape index (κ2) is 13.2. The van der Waals surface area contributed by atoms with Gasteiger partial charge >= 0.3 is 13.7 Å². The zero-order chi connectivity index (χ0) is 30.5. The van der Waals surface area contributed by atoms with Crippen LogP contribution in [0.1, 0.15) is 30.9 Å². The maximum Gasteiger partial charge on any atom is 0.459 e. The number of hydrogen-bond donors (Lipinski definition) is 3. The van der Waals surface area contributed by atoms with E-state index in [2.05, 4.69) is 25.4 Å². The number of ether oxygens (including phenoxy) is 1. The number of esters is 1. The predicted molar refractivity (Wildman–Crippen MR) is 167 cm³/mol. The fourth-order valence-electron chi connectivity index (χ4n) is 5.21. The Bertz CT molecular complexity index is 1660. The van der Waals surface area contributed by atoms with E-state index >= 15 is 0 Å². The van der Waals surface area contributed by atoms with Gasteiger partial charge in [-0.25, -0.2) is 9.55 Å². The molecule has 0 amide bonds. The molecule has 0 saturated heterocycles. The number of allylic oxidation sites excluding steroid dienone is 1. The monoisotopic (exact) mass is 617 g/mol. The molecule has 230 valence electrons. The van der Waals surface area contributed by atoms with Crippen LogP contribution in [-0.4, -0.2) is 51.8 Å². The molecule has 12 nitrogen and oxygen atoms in total. The smallest absolute Gasteiger partial charge is 0.459 e. The molecule has 2 heterocycles. The summed E-state index contributed by atoms with van der Waals surface area (Å²) in [5.41, 5.74) is 8.24. The van der Waals surface area contributed by atoms with Crippen LogP contribution in [0.2, 0.25) is 0 Å². The van der Waals surface area contributed by atoms with Gasteiger partial charge in [0.1, 0.15) is 11.8 Å². The van der Waals surface area contributed by atoms with Gasteiger partial charge in [0.2, 0.25) is 5.95 Å². The number of nitrogens with zero attached hydrogens (tertiary/aromatic N) is 4. The van der Waals surface area contributed by atoms with E-state index in [1.54, 1.807) is 30.6 Å². The van der Waals surface area contributed by atoms with E-state index in [1.165, 1.54) is 20.0 Å². The van der Waals surface area contributed by atoms with Crippen molar-refractivity contribution < 1.29 is 23.1 Å². The molecule has 13 heteroatoms.